The van der Waals surface area contributed by atoms with Crippen molar-refractivity contribution in [3.63, 3.8) is 0 Å². The zero-order valence-corrected chi connectivity index (χ0v) is 18.6. The number of carbonyl (C=O) groups excluding carboxylic acids is 1. The van der Waals surface area contributed by atoms with E-state index >= 15 is 0 Å². The Hall–Kier alpha value is -3.10. The summed E-state index contributed by atoms with van der Waals surface area (Å²) in [5.41, 5.74) is 4.27. The summed E-state index contributed by atoms with van der Waals surface area (Å²) in [7, 11) is 1.61. The van der Waals surface area contributed by atoms with Crippen LogP contribution in [0.1, 0.15) is 48.6 Å². The van der Waals surface area contributed by atoms with E-state index in [1.807, 2.05) is 64.1 Å². The Kier molecular flexibility index (Phi) is 7.49. The molecule has 8 nitrogen and oxygen atoms in total. The van der Waals surface area contributed by atoms with Crippen LogP contribution in [0.4, 0.5) is 0 Å². The third-order valence-electron chi connectivity index (χ3n) is 4.88. The lowest BCUT2D eigenvalue weighted by Crippen LogP contribution is -2.35. The fraction of sp³-hybridized carbons (Fsp3) is 0.391. The largest absolute Gasteiger partial charge is 0.383 e. The molecule has 0 saturated carbocycles. The second-order valence-electron chi connectivity index (χ2n) is 7.51. The van der Waals surface area contributed by atoms with Crippen molar-refractivity contribution in [1.29, 1.82) is 0 Å². The zero-order valence-electron chi connectivity index (χ0n) is 18.6. The number of nitrogens with one attached hydrogen (secondary N) is 1. The highest BCUT2D eigenvalue weighted by molar-refractivity contribution is 5.96. The van der Waals surface area contributed by atoms with Gasteiger partial charge in [0.25, 0.3) is 5.91 Å². The smallest absolute Gasteiger partial charge is 0.251 e. The highest BCUT2D eigenvalue weighted by atomic mass is 16.5. The van der Waals surface area contributed by atoms with Gasteiger partial charge in [-0.25, -0.2) is 0 Å². The van der Waals surface area contributed by atoms with Gasteiger partial charge in [0.2, 0.25) is 0 Å². The van der Waals surface area contributed by atoms with Crippen LogP contribution in [0.3, 0.4) is 0 Å². The highest BCUT2D eigenvalue weighted by Crippen LogP contribution is 2.26. The van der Waals surface area contributed by atoms with Gasteiger partial charge in [0, 0.05) is 25.3 Å². The first-order valence-electron chi connectivity index (χ1n) is 10.3. The summed E-state index contributed by atoms with van der Waals surface area (Å²) >= 11 is 0. The summed E-state index contributed by atoms with van der Waals surface area (Å²) in [6.07, 6.45) is -0.290. The van der Waals surface area contributed by atoms with Crippen LogP contribution in [0.15, 0.2) is 42.5 Å². The number of nitrogens with zero attached hydrogens (tertiary/aromatic N) is 4. The van der Waals surface area contributed by atoms with E-state index in [1.165, 1.54) is 5.56 Å². The third-order valence-corrected chi connectivity index (χ3v) is 4.88. The van der Waals surface area contributed by atoms with Crippen LogP contribution >= 0.6 is 0 Å². The maximum absolute atomic E-state index is 13.0. The number of methoxy groups -OCH3 is 1. The van der Waals surface area contributed by atoms with Gasteiger partial charge < -0.3 is 14.8 Å². The highest BCUT2D eigenvalue weighted by Gasteiger charge is 2.19. The molecule has 3 aromatic rings. The Morgan fingerprint density at radius 3 is 2.55 bits per heavy atom. The predicted molar refractivity (Wildman–Crippen MR) is 118 cm³/mol. The van der Waals surface area contributed by atoms with Crippen molar-refractivity contribution in [3.8, 4) is 16.8 Å². The van der Waals surface area contributed by atoms with Crippen LogP contribution in [0, 0.1) is 6.92 Å². The molecule has 1 N–H and O–H groups in total. The summed E-state index contributed by atoms with van der Waals surface area (Å²) in [5.74, 6) is 0.384. The first-order chi connectivity index (χ1) is 14.9. The lowest BCUT2D eigenvalue weighted by Gasteiger charge is -2.16. The number of aromatic nitrogens is 4. The Morgan fingerprint density at radius 2 is 1.87 bits per heavy atom. The number of carbonyl (C=O) groups is 1. The fourth-order valence-electron chi connectivity index (χ4n) is 3.33. The van der Waals surface area contributed by atoms with Gasteiger partial charge >= 0.3 is 0 Å². The van der Waals surface area contributed by atoms with E-state index < -0.39 is 0 Å². The van der Waals surface area contributed by atoms with Crippen molar-refractivity contribution in [1.82, 2.24) is 25.5 Å². The van der Waals surface area contributed by atoms with Crippen molar-refractivity contribution in [3.05, 3.63) is 59.4 Å². The summed E-state index contributed by atoms with van der Waals surface area (Å²) in [5, 5.41) is 15.1. The molecule has 0 aliphatic carbocycles. The SMILES string of the molecule is CCOC(C)c1nnnn1-c1cc(C(=O)N[C@H](C)COC)cc(-c2ccc(C)cc2)c1. The van der Waals surface area contributed by atoms with E-state index in [0.29, 0.717) is 30.3 Å². The molecule has 0 spiro atoms. The minimum Gasteiger partial charge on any atom is -0.383 e. The summed E-state index contributed by atoms with van der Waals surface area (Å²) in [6.45, 7) is 8.73. The van der Waals surface area contributed by atoms with Crippen LogP contribution in [0.2, 0.25) is 0 Å². The Labute approximate surface area is 182 Å². The van der Waals surface area contributed by atoms with Gasteiger partial charge in [0.1, 0.15) is 6.10 Å². The summed E-state index contributed by atoms with van der Waals surface area (Å²) < 4.78 is 12.4. The Morgan fingerprint density at radius 1 is 1.13 bits per heavy atom. The first-order valence-corrected chi connectivity index (χ1v) is 10.3. The molecule has 0 aliphatic heterocycles. The number of benzene rings is 2. The maximum Gasteiger partial charge on any atom is 0.251 e. The monoisotopic (exact) mass is 423 g/mol. The lowest BCUT2D eigenvalue weighted by molar-refractivity contribution is 0.0684. The quantitative estimate of drug-likeness (QED) is 0.566. The van der Waals surface area contributed by atoms with E-state index in [0.717, 1.165) is 11.1 Å². The van der Waals surface area contributed by atoms with Crippen molar-refractivity contribution < 1.29 is 14.3 Å². The third kappa shape index (κ3) is 5.53. The average molecular weight is 424 g/mol. The van der Waals surface area contributed by atoms with Gasteiger partial charge in [-0.15, -0.1) is 5.10 Å². The number of tetrazole rings is 1. The second-order valence-corrected chi connectivity index (χ2v) is 7.51. The molecular formula is C23H29N5O3. The maximum atomic E-state index is 13.0. The Bertz CT molecular complexity index is 1020. The van der Waals surface area contributed by atoms with E-state index in [2.05, 4.69) is 20.8 Å². The molecule has 2 aromatic carbocycles. The van der Waals surface area contributed by atoms with Gasteiger partial charge in [0.05, 0.1) is 12.3 Å². The molecule has 1 unspecified atom stereocenters. The number of rotatable bonds is 9. The van der Waals surface area contributed by atoms with Crippen molar-refractivity contribution >= 4 is 5.91 Å². The lowest BCUT2D eigenvalue weighted by atomic mass is 10.0. The van der Waals surface area contributed by atoms with Crippen LogP contribution in [-0.4, -0.2) is 52.5 Å². The summed E-state index contributed by atoms with van der Waals surface area (Å²) in [4.78, 5) is 13.0. The van der Waals surface area contributed by atoms with Crippen LogP contribution in [-0.2, 0) is 9.47 Å². The molecule has 0 bridgehead atoms. The van der Waals surface area contributed by atoms with Crippen molar-refractivity contribution in [2.24, 2.45) is 0 Å². The van der Waals surface area contributed by atoms with Gasteiger partial charge in [-0.3, -0.25) is 4.79 Å². The number of hydrogen-bond donors (Lipinski definition) is 1. The molecule has 164 valence electrons. The Balaban J connectivity index is 2.07. The molecule has 1 heterocycles. The zero-order chi connectivity index (χ0) is 22.4. The van der Waals surface area contributed by atoms with E-state index in [1.54, 1.807) is 17.9 Å². The molecule has 1 aromatic heterocycles. The predicted octanol–water partition coefficient (Wildman–Crippen LogP) is 3.50. The van der Waals surface area contributed by atoms with Crippen molar-refractivity contribution in [2.45, 2.75) is 39.8 Å². The van der Waals surface area contributed by atoms with Gasteiger partial charge in [-0.2, -0.15) is 4.68 Å². The average Bonchev–Trinajstić information content (AvgIpc) is 3.24. The molecular weight excluding hydrogens is 394 g/mol. The normalized spacial score (nSPS) is 13.1. The van der Waals surface area contributed by atoms with Crippen molar-refractivity contribution in [2.75, 3.05) is 20.3 Å². The molecule has 3 rings (SSSR count). The first kappa shape index (κ1) is 22.6. The molecule has 1 amide bonds. The van der Waals surface area contributed by atoms with E-state index in [9.17, 15) is 4.79 Å². The van der Waals surface area contributed by atoms with Crippen LogP contribution < -0.4 is 5.32 Å². The second kappa shape index (κ2) is 10.3. The topological polar surface area (TPSA) is 91.2 Å². The molecule has 0 fully saturated rings. The minimum absolute atomic E-state index is 0.120. The van der Waals surface area contributed by atoms with Crippen LogP contribution in [0.25, 0.3) is 16.8 Å². The van der Waals surface area contributed by atoms with E-state index in [4.69, 9.17) is 9.47 Å². The number of amides is 1. The standard InChI is InChI=1S/C23H29N5O3/c1-6-31-17(4)22-25-26-27-28(22)21-12-19(18-9-7-15(2)8-10-18)11-20(13-21)23(29)24-16(3)14-30-5/h7-13,16-17H,6,14H2,1-5H3,(H,24,29)/t16-,17?/m1/s1. The fourth-order valence-corrected chi connectivity index (χ4v) is 3.33. The molecule has 8 heteroatoms. The number of hydrogen-bond acceptors (Lipinski definition) is 6. The van der Waals surface area contributed by atoms with Gasteiger partial charge in [-0.05, 0) is 67.4 Å². The number of aryl methyl sites for hydroxylation is 1. The molecule has 0 radical (unpaired) electrons. The molecule has 0 aliphatic rings. The minimum atomic E-state index is -0.290. The van der Waals surface area contributed by atoms with Crippen LogP contribution in [0.5, 0.6) is 0 Å². The molecule has 31 heavy (non-hydrogen) atoms. The summed E-state index contributed by atoms with van der Waals surface area (Å²) in [6, 6.07) is 13.7. The molecule has 0 saturated heterocycles. The molecule has 2 atom stereocenters. The van der Waals surface area contributed by atoms with Gasteiger partial charge in [-0.1, -0.05) is 29.8 Å². The van der Waals surface area contributed by atoms with Gasteiger partial charge in [0.15, 0.2) is 5.82 Å². The number of ether oxygens (including phenoxy) is 2. The van der Waals surface area contributed by atoms with E-state index in [-0.39, 0.29) is 18.1 Å².